The summed E-state index contributed by atoms with van der Waals surface area (Å²) < 4.78 is 0. The molecule has 0 fully saturated rings. The molecule has 0 aromatic heterocycles. The maximum Gasteiger partial charge on any atom is 0.316 e. The summed E-state index contributed by atoms with van der Waals surface area (Å²) in [7, 11) is -4.61. The van der Waals surface area contributed by atoms with E-state index in [9.17, 15) is 0 Å². The fraction of sp³-hybridized carbons (Fsp3) is 0. The molecule has 9 heteroatoms. The van der Waals surface area contributed by atoms with E-state index in [1.165, 1.54) is 0 Å². The van der Waals surface area contributed by atoms with Gasteiger partial charge in [0.25, 0.3) is 0 Å². The van der Waals surface area contributed by atoms with Gasteiger partial charge in [-0.05, 0) is 0 Å². The van der Waals surface area contributed by atoms with Crippen LogP contribution < -0.4 is 0 Å². The molecule has 0 heterocycles. The molecule has 0 spiro atoms. The van der Waals surface area contributed by atoms with E-state index in [1.807, 2.05) is 0 Å². The fourth-order valence-corrected chi connectivity index (χ4v) is 0. The Hall–Kier alpha value is 3.55. The maximum atomic E-state index is 7.33. The van der Waals surface area contributed by atoms with Gasteiger partial charge in [0.1, 0.15) is 0 Å². The van der Waals surface area contributed by atoms with Crippen molar-refractivity contribution in [3.63, 3.8) is 0 Å². The summed E-state index contributed by atoms with van der Waals surface area (Å²) in [4.78, 5) is 29.3. The summed E-state index contributed by atoms with van der Waals surface area (Å²) in [5.41, 5.74) is 0. The van der Waals surface area contributed by atoms with E-state index in [0.29, 0.717) is 0 Å². The van der Waals surface area contributed by atoms with E-state index in [1.54, 1.807) is 0 Å². The summed E-state index contributed by atoms with van der Waals surface area (Å²) in [5, 5.41) is 0. The zero-order chi connectivity index (χ0) is 4.50. The first-order chi connectivity index (χ1) is 2.00. The third kappa shape index (κ3) is 83.6. The molecule has 0 radical (unpaired) electrons. The molecule has 4 N–H and O–H groups in total. The standard InChI is InChI=1S/Al.Ba.Mg.H4O4Si.Zn.7H/c;;;1-5(2,3)4;;;;;;;;/h;;;1-4H;;;;;;;;. The van der Waals surface area contributed by atoms with E-state index in [-0.39, 0.29) is 109 Å². The van der Waals surface area contributed by atoms with Gasteiger partial charge in [0.15, 0.2) is 17.4 Å². The molecule has 48 valence electrons. The molecule has 4 nitrogen and oxygen atoms in total. The number of hydrogen-bond donors (Lipinski definition) is 4. The minimum absolute atomic E-state index is 0. The van der Waals surface area contributed by atoms with Crippen molar-refractivity contribution in [3.8, 4) is 0 Å². The quantitative estimate of drug-likeness (QED) is 0.326. The second-order valence-electron chi connectivity index (χ2n) is 0.600. The number of rotatable bonds is 0. The van der Waals surface area contributed by atoms with Gasteiger partial charge < -0.3 is 19.2 Å². The summed E-state index contributed by atoms with van der Waals surface area (Å²) >= 11 is 0. The van der Waals surface area contributed by atoms with E-state index >= 15 is 0 Å². The first-order valence-corrected chi connectivity index (χ1v) is 2.68. The Labute approximate surface area is 134 Å². The van der Waals surface area contributed by atoms with Gasteiger partial charge in [0.2, 0.25) is 0 Å². The molecular formula is H11AlBaMgO4SiZn. The van der Waals surface area contributed by atoms with Crippen LogP contribution in [0.2, 0.25) is 0 Å². The molecule has 9 heavy (non-hydrogen) atoms. The van der Waals surface area contributed by atoms with Crippen LogP contribution in [0.1, 0.15) is 0 Å². The Morgan fingerprint density at radius 2 is 0.889 bits per heavy atom. The smallest absolute Gasteiger partial charge is 0 e. The van der Waals surface area contributed by atoms with Crippen LogP contribution >= 0.6 is 0 Å². The Bertz CT molecular complexity index is 36.0. The van der Waals surface area contributed by atoms with Gasteiger partial charge >= 0.3 is 81.0 Å². The van der Waals surface area contributed by atoms with Crippen LogP contribution in [0.5, 0.6) is 0 Å². The summed E-state index contributed by atoms with van der Waals surface area (Å²) in [6, 6.07) is 0. The van der Waals surface area contributed by atoms with Crippen LogP contribution in [-0.2, 0) is 19.5 Å². The van der Waals surface area contributed by atoms with Crippen molar-refractivity contribution in [1.29, 1.82) is 0 Å². The monoisotopic (exact) mass is 356 g/mol. The predicted molar refractivity (Wildman–Crippen MR) is 41.7 cm³/mol. The van der Waals surface area contributed by atoms with E-state index in [0.717, 1.165) is 0 Å². The first kappa shape index (κ1) is 29.4. The van der Waals surface area contributed by atoms with E-state index < -0.39 is 9.05 Å². The predicted octanol–water partition coefficient (Wildman–Crippen LogP) is -5.63. The molecule has 0 aliphatic heterocycles. The molecule has 0 aromatic carbocycles. The molecule has 0 saturated heterocycles. The van der Waals surface area contributed by atoms with E-state index in [2.05, 4.69) is 0 Å². The van der Waals surface area contributed by atoms with E-state index in [4.69, 9.17) is 19.2 Å². The molecular weight excluding hydrogens is 346 g/mol. The van der Waals surface area contributed by atoms with Crippen molar-refractivity contribution >= 4 is 98.3 Å². The van der Waals surface area contributed by atoms with Crippen LogP contribution in [0.4, 0.5) is 0 Å². The van der Waals surface area contributed by atoms with Crippen molar-refractivity contribution in [2.45, 2.75) is 0 Å². The molecule has 0 aliphatic rings. The molecule has 0 rings (SSSR count). The van der Waals surface area contributed by atoms with Crippen LogP contribution in [0, 0.1) is 0 Å². The largest absolute Gasteiger partial charge is 0.316 e. The zero-order valence-corrected chi connectivity index (χ0v) is 6.96. The Balaban J connectivity index is -0.0000000133. The minimum atomic E-state index is -4.61. The summed E-state index contributed by atoms with van der Waals surface area (Å²) in [5.74, 6) is 0. The average Bonchev–Trinajstić information content (AvgIpc) is 0.722. The van der Waals surface area contributed by atoms with Crippen molar-refractivity contribution in [1.82, 2.24) is 0 Å². The van der Waals surface area contributed by atoms with Gasteiger partial charge in [0.05, 0.1) is 0 Å². The molecule has 0 saturated carbocycles. The van der Waals surface area contributed by atoms with Crippen molar-refractivity contribution in [3.05, 3.63) is 0 Å². The molecule has 0 aromatic rings. The SMILES string of the molecule is O[Si](O)(O)O.[AlH3].[BaH2].[MgH2].[Zn]. The minimum Gasteiger partial charge on any atom is 0 e. The fourth-order valence-electron chi connectivity index (χ4n) is 0. The number of hydrogen-bond acceptors (Lipinski definition) is 4. The molecule has 0 atom stereocenters. The second-order valence-corrected chi connectivity index (χ2v) is 1.80. The van der Waals surface area contributed by atoms with Gasteiger partial charge in [-0.15, -0.1) is 0 Å². The summed E-state index contributed by atoms with van der Waals surface area (Å²) in [6.45, 7) is 0. The third-order valence-corrected chi connectivity index (χ3v) is 0. The normalized spacial score (nSPS) is 6.67. The van der Waals surface area contributed by atoms with Gasteiger partial charge in [-0.25, -0.2) is 0 Å². The van der Waals surface area contributed by atoms with Crippen molar-refractivity contribution in [2.24, 2.45) is 0 Å². The topological polar surface area (TPSA) is 80.9 Å². The molecule has 0 amide bonds. The van der Waals surface area contributed by atoms with Crippen LogP contribution in [0.15, 0.2) is 0 Å². The van der Waals surface area contributed by atoms with Crippen molar-refractivity contribution in [2.75, 3.05) is 0 Å². The van der Waals surface area contributed by atoms with Crippen LogP contribution in [0.3, 0.4) is 0 Å². The van der Waals surface area contributed by atoms with Gasteiger partial charge in [0, 0.05) is 19.5 Å². The summed E-state index contributed by atoms with van der Waals surface area (Å²) in [6.07, 6.45) is 0. The van der Waals surface area contributed by atoms with Gasteiger partial charge in [-0.3, -0.25) is 0 Å². The van der Waals surface area contributed by atoms with Crippen LogP contribution in [0.25, 0.3) is 0 Å². The molecule has 0 bridgehead atoms. The Morgan fingerprint density at radius 1 is 0.889 bits per heavy atom. The zero-order valence-electron chi connectivity index (χ0n) is 3.00. The Kier molecular flexibility index (Phi) is 46.0. The van der Waals surface area contributed by atoms with Gasteiger partial charge in [-0.1, -0.05) is 0 Å². The van der Waals surface area contributed by atoms with Crippen molar-refractivity contribution < 1.29 is 38.7 Å². The second kappa shape index (κ2) is 14.1. The Morgan fingerprint density at radius 3 is 0.889 bits per heavy atom. The van der Waals surface area contributed by atoms with Gasteiger partial charge in [-0.2, -0.15) is 0 Å². The third-order valence-electron chi connectivity index (χ3n) is 0. The van der Waals surface area contributed by atoms with Crippen LogP contribution in [-0.4, -0.2) is 118 Å². The maximum absolute atomic E-state index is 7.33. The first-order valence-electron chi connectivity index (χ1n) is 0.894. The average molecular weight is 357 g/mol. The molecule has 0 unspecified atom stereocenters. The molecule has 0 aliphatic carbocycles.